The summed E-state index contributed by atoms with van der Waals surface area (Å²) in [6, 6.07) is 4.21. The molecule has 2 aromatic heterocycles. The van der Waals surface area contributed by atoms with Crippen LogP contribution in [0.25, 0.3) is 10.9 Å². The first-order valence-electron chi connectivity index (χ1n) is 8.43. The largest absolute Gasteiger partial charge is 0.573 e. The third-order valence-electron chi connectivity index (χ3n) is 4.14. The molecule has 3 N–H and O–H groups in total. The van der Waals surface area contributed by atoms with E-state index in [0.29, 0.717) is 49.0 Å². The second-order valence-electron chi connectivity index (χ2n) is 6.04. The first-order valence-corrected chi connectivity index (χ1v) is 8.81. The Morgan fingerprint density at radius 1 is 1.29 bits per heavy atom. The van der Waals surface area contributed by atoms with Crippen molar-refractivity contribution < 1.29 is 22.6 Å². The Morgan fingerprint density at radius 2 is 2.14 bits per heavy atom. The first-order chi connectivity index (χ1) is 13.4. The van der Waals surface area contributed by atoms with Gasteiger partial charge >= 0.3 is 6.36 Å². The molecule has 4 rings (SSSR count). The van der Waals surface area contributed by atoms with Crippen LogP contribution in [0.1, 0.15) is 5.56 Å². The highest BCUT2D eigenvalue weighted by molar-refractivity contribution is 6.28. The van der Waals surface area contributed by atoms with E-state index in [1.807, 2.05) is 0 Å². The Bertz CT molecular complexity index is 1010. The number of anilines is 2. The Balaban J connectivity index is 1.46. The molecule has 3 aromatic rings. The van der Waals surface area contributed by atoms with Gasteiger partial charge in [0.15, 0.2) is 11.6 Å². The number of alkyl halides is 3. The summed E-state index contributed by atoms with van der Waals surface area (Å²) in [4.78, 5) is 11.2. The summed E-state index contributed by atoms with van der Waals surface area (Å²) in [6.45, 7) is 1.64. The smallest absolute Gasteiger partial charge is 0.485 e. The van der Waals surface area contributed by atoms with Gasteiger partial charge in [0.1, 0.15) is 12.4 Å². The van der Waals surface area contributed by atoms with E-state index in [9.17, 15) is 13.2 Å². The number of fused-ring (bicyclic) bond motifs is 2. The molecule has 3 heterocycles. The average Bonchev–Trinajstić information content (AvgIpc) is 3.02. The minimum Gasteiger partial charge on any atom is -0.485 e. The number of aromatic nitrogens is 3. The van der Waals surface area contributed by atoms with Crippen molar-refractivity contribution in [2.75, 3.05) is 30.3 Å². The van der Waals surface area contributed by atoms with Crippen LogP contribution >= 0.6 is 11.6 Å². The summed E-state index contributed by atoms with van der Waals surface area (Å²) in [7, 11) is 0. The number of hydrogen-bond donors (Lipinski definition) is 3. The van der Waals surface area contributed by atoms with Crippen LogP contribution in [0.15, 0.2) is 24.4 Å². The van der Waals surface area contributed by atoms with Gasteiger partial charge in [-0.2, -0.15) is 9.97 Å². The fourth-order valence-electron chi connectivity index (χ4n) is 3.01. The molecule has 148 valence electrons. The molecule has 0 atom stereocenters. The Kier molecular flexibility index (Phi) is 4.80. The molecule has 1 aliphatic heterocycles. The third-order valence-corrected chi connectivity index (χ3v) is 4.31. The van der Waals surface area contributed by atoms with Crippen LogP contribution in [-0.4, -0.2) is 41.0 Å². The summed E-state index contributed by atoms with van der Waals surface area (Å²) in [5.74, 6) is 1.28. The lowest BCUT2D eigenvalue weighted by atomic mass is 10.1. The van der Waals surface area contributed by atoms with Gasteiger partial charge in [-0.05, 0) is 35.7 Å². The predicted molar refractivity (Wildman–Crippen MR) is 98.2 cm³/mol. The maximum absolute atomic E-state index is 12.3. The topological polar surface area (TPSA) is 84.1 Å². The van der Waals surface area contributed by atoms with E-state index in [0.717, 1.165) is 10.9 Å². The zero-order valence-corrected chi connectivity index (χ0v) is 15.1. The van der Waals surface area contributed by atoms with Crippen molar-refractivity contribution in [3.63, 3.8) is 0 Å². The average molecular weight is 414 g/mol. The predicted octanol–water partition coefficient (Wildman–Crippen LogP) is 3.97. The van der Waals surface area contributed by atoms with Crippen LogP contribution in [0.3, 0.4) is 0 Å². The number of nitrogens with one attached hydrogen (secondary N) is 3. The van der Waals surface area contributed by atoms with Gasteiger partial charge in [-0.1, -0.05) is 0 Å². The van der Waals surface area contributed by atoms with Crippen LogP contribution in [0.2, 0.25) is 5.28 Å². The van der Waals surface area contributed by atoms with Crippen molar-refractivity contribution in [2.45, 2.75) is 12.8 Å². The molecule has 7 nitrogen and oxygen atoms in total. The molecular formula is C17H15ClF3N5O2. The SMILES string of the molecule is FC(F)(F)Oc1ccc2c(CCNc3nc(Cl)nc4c3OCCN4)c[nH]c2c1. The minimum atomic E-state index is -4.72. The van der Waals surface area contributed by atoms with E-state index in [2.05, 4.69) is 30.3 Å². The van der Waals surface area contributed by atoms with E-state index in [1.165, 1.54) is 12.1 Å². The quantitative estimate of drug-likeness (QED) is 0.549. The molecule has 28 heavy (non-hydrogen) atoms. The van der Waals surface area contributed by atoms with Crippen LogP contribution in [0.5, 0.6) is 11.5 Å². The van der Waals surface area contributed by atoms with Crippen molar-refractivity contribution in [1.29, 1.82) is 0 Å². The molecule has 0 spiro atoms. The van der Waals surface area contributed by atoms with Crippen molar-refractivity contribution in [2.24, 2.45) is 0 Å². The van der Waals surface area contributed by atoms with Gasteiger partial charge in [-0.25, -0.2) is 0 Å². The number of aromatic amines is 1. The third kappa shape index (κ3) is 4.01. The van der Waals surface area contributed by atoms with Gasteiger partial charge in [0.2, 0.25) is 11.0 Å². The Morgan fingerprint density at radius 3 is 2.96 bits per heavy atom. The zero-order valence-electron chi connectivity index (χ0n) is 14.4. The summed E-state index contributed by atoms with van der Waals surface area (Å²) < 4.78 is 46.6. The maximum atomic E-state index is 12.3. The van der Waals surface area contributed by atoms with E-state index >= 15 is 0 Å². The first kappa shape index (κ1) is 18.5. The molecule has 0 unspecified atom stereocenters. The van der Waals surface area contributed by atoms with Gasteiger partial charge in [0, 0.05) is 29.7 Å². The number of rotatable bonds is 5. The van der Waals surface area contributed by atoms with Crippen LogP contribution < -0.4 is 20.1 Å². The van der Waals surface area contributed by atoms with E-state index in [4.69, 9.17) is 16.3 Å². The molecule has 11 heteroatoms. The summed E-state index contributed by atoms with van der Waals surface area (Å²) >= 11 is 5.94. The molecule has 0 bridgehead atoms. The monoisotopic (exact) mass is 413 g/mol. The fourth-order valence-corrected chi connectivity index (χ4v) is 3.18. The van der Waals surface area contributed by atoms with Gasteiger partial charge in [-0.3, -0.25) is 0 Å². The van der Waals surface area contributed by atoms with Gasteiger partial charge in [0.25, 0.3) is 0 Å². The van der Waals surface area contributed by atoms with E-state index in [-0.39, 0.29) is 11.0 Å². The second kappa shape index (κ2) is 7.27. The standard InChI is InChI=1S/C17H15ClF3N5O2/c18-16-25-14(13-15(26-16)23-5-6-27-13)22-4-3-9-8-24-12-7-10(1-2-11(9)12)28-17(19,20)21/h1-2,7-8,24H,3-6H2,(H2,22,23,25,26). The molecule has 0 radical (unpaired) electrons. The van der Waals surface area contributed by atoms with Crippen molar-refractivity contribution in [3.8, 4) is 11.5 Å². The van der Waals surface area contributed by atoms with Crippen molar-refractivity contribution in [1.82, 2.24) is 15.0 Å². The maximum Gasteiger partial charge on any atom is 0.573 e. The molecule has 0 aliphatic carbocycles. The second-order valence-corrected chi connectivity index (χ2v) is 6.38. The lowest BCUT2D eigenvalue weighted by Crippen LogP contribution is -2.21. The van der Waals surface area contributed by atoms with Gasteiger partial charge < -0.3 is 25.1 Å². The van der Waals surface area contributed by atoms with Crippen LogP contribution in [0.4, 0.5) is 24.8 Å². The minimum absolute atomic E-state index is 0.100. The molecule has 1 aliphatic rings. The number of H-pyrrole nitrogens is 1. The zero-order chi connectivity index (χ0) is 19.7. The lowest BCUT2D eigenvalue weighted by Gasteiger charge is -2.20. The van der Waals surface area contributed by atoms with E-state index in [1.54, 1.807) is 12.3 Å². The molecule has 0 amide bonds. The highest BCUT2D eigenvalue weighted by Crippen LogP contribution is 2.33. The molecular weight excluding hydrogens is 399 g/mol. The summed E-state index contributed by atoms with van der Waals surface area (Å²) in [5, 5.41) is 7.18. The lowest BCUT2D eigenvalue weighted by molar-refractivity contribution is -0.274. The van der Waals surface area contributed by atoms with Gasteiger partial charge in [-0.15, -0.1) is 13.2 Å². The molecule has 0 fully saturated rings. The van der Waals surface area contributed by atoms with Crippen LogP contribution in [0, 0.1) is 0 Å². The highest BCUT2D eigenvalue weighted by Gasteiger charge is 2.31. The number of halogens is 4. The van der Waals surface area contributed by atoms with E-state index < -0.39 is 6.36 Å². The van der Waals surface area contributed by atoms with Gasteiger partial charge in [0.05, 0.1) is 6.54 Å². The Labute approximate surface area is 162 Å². The number of hydrogen-bond acceptors (Lipinski definition) is 6. The molecule has 0 saturated carbocycles. The summed E-state index contributed by atoms with van der Waals surface area (Å²) in [5.41, 5.74) is 1.50. The number of ether oxygens (including phenoxy) is 2. The number of benzene rings is 1. The fraction of sp³-hybridized carbons (Fsp3) is 0.294. The molecule has 0 saturated heterocycles. The summed E-state index contributed by atoms with van der Waals surface area (Å²) in [6.07, 6.45) is -2.37. The number of nitrogens with zero attached hydrogens (tertiary/aromatic N) is 2. The van der Waals surface area contributed by atoms with Crippen LogP contribution in [-0.2, 0) is 6.42 Å². The molecule has 1 aromatic carbocycles. The van der Waals surface area contributed by atoms with Crippen molar-refractivity contribution in [3.05, 3.63) is 35.2 Å². The Hall–Kier alpha value is -2.88. The highest BCUT2D eigenvalue weighted by atomic mass is 35.5. The normalized spacial score (nSPS) is 13.6. The van der Waals surface area contributed by atoms with Crippen molar-refractivity contribution >= 4 is 34.1 Å².